The van der Waals surface area contributed by atoms with Crippen molar-refractivity contribution in [2.24, 2.45) is 11.1 Å². The Hall–Kier alpha value is -1.43. The molecule has 0 unspecified atom stereocenters. The van der Waals surface area contributed by atoms with Crippen LogP contribution in [0.4, 0.5) is 24.5 Å². The Morgan fingerprint density at radius 3 is 2.21 bits per heavy atom. The average molecular weight is 273 g/mol. The predicted octanol–water partition coefficient (Wildman–Crippen LogP) is 2.38. The number of hydrogen-bond donors (Lipinski definition) is 2. The van der Waals surface area contributed by atoms with E-state index in [0.29, 0.717) is 18.8 Å². The van der Waals surface area contributed by atoms with Crippen molar-refractivity contribution in [3.63, 3.8) is 0 Å². The number of halogens is 3. The molecule has 1 saturated heterocycles. The zero-order valence-corrected chi connectivity index (χ0v) is 10.6. The molecule has 0 amide bonds. The van der Waals surface area contributed by atoms with Crippen LogP contribution in [0.3, 0.4) is 0 Å². The van der Waals surface area contributed by atoms with Crippen LogP contribution in [0.1, 0.15) is 12.8 Å². The number of benzene rings is 1. The molecular formula is C13H18F3N3. The number of para-hydroxylation sites is 2. The molecule has 6 heteroatoms. The number of nitrogens with zero attached hydrogens (tertiary/aromatic N) is 1. The second-order valence-electron chi connectivity index (χ2n) is 5.03. The lowest BCUT2D eigenvalue weighted by Gasteiger charge is -2.43. The van der Waals surface area contributed by atoms with Crippen LogP contribution in [0.15, 0.2) is 24.3 Å². The minimum atomic E-state index is -4.24. The van der Waals surface area contributed by atoms with Crippen LogP contribution in [-0.4, -0.2) is 25.8 Å². The van der Waals surface area contributed by atoms with Crippen molar-refractivity contribution in [3.05, 3.63) is 24.3 Å². The molecule has 1 aliphatic rings. The van der Waals surface area contributed by atoms with E-state index in [0.717, 1.165) is 5.69 Å². The molecule has 0 bridgehead atoms. The van der Waals surface area contributed by atoms with Crippen molar-refractivity contribution in [1.29, 1.82) is 0 Å². The quantitative estimate of drug-likeness (QED) is 0.813. The van der Waals surface area contributed by atoms with Gasteiger partial charge < -0.3 is 16.4 Å². The minimum absolute atomic E-state index is 0.0152. The largest absolute Gasteiger partial charge is 0.397 e. The van der Waals surface area contributed by atoms with Crippen molar-refractivity contribution in [2.75, 3.05) is 30.3 Å². The van der Waals surface area contributed by atoms with E-state index in [1.165, 1.54) is 0 Å². The summed E-state index contributed by atoms with van der Waals surface area (Å²) in [7, 11) is 0. The summed E-state index contributed by atoms with van der Waals surface area (Å²) >= 11 is 0. The number of hydrogen-bond acceptors (Lipinski definition) is 3. The number of nitrogens with two attached hydrogens (primary N) is 2. The van der Waals surface area contributed by atoms with Gasteiger partial charge in [0.2, 0.25) is 0 Å². The Balaban J connectivity index is 2.13. The summed E-state index contributed by atoms with van der Waals surface area (Å²) < 4.78 is 39.2. The number of anilines is 2. The van der Waals surface area contributed by atoms with Gasteiger partial charge in [-0.1, -0.05) is 12.1 Å². The van der Waals surface area contributed by atoms with Gasteiger partial charge in [0.1, 0.15) is 0 Å². The molecule has 0 atom stereocenters. The Morgan fingerprint density at radius 1 is 1.16 bits per heavy atom. The molecule has 0 radical (unpaired) electrons. The Morgan fingerprint density at radius 2 is 1.74 bits per heavy atom. The van der Waals surface area contributed by atoms with E-state index in [1.54, 1.807) is 6.07 Å². The van der Waals surface area contributed by atoms with Crippen molar-refractivity contribution < 1.29 is 13.2 Å². The summed E-state index contributed by atoms with van der Waals surface area (Å²) in [5.41, 5.74) is 10.9. The lowest BCUT2D eigenvalue weighted by atomic mass is 9.77. The normalized spacial score (nSPS) is 19.5. The van der Waals surface area contributed by atoms with Gasteiger partial charge in [0.25, 0.3) is 0 Å². The standard InChI is InChI=1S/C13H18F3N3/c14-13(15,16)12(9-17)5-7-19(8-6-12)11-4-2-1-3-10(11)18/h1-4H,5-9,17-18H2. The molecule has 1 aliphatic heterocycles. The van der Waals surface area contributed by atoms with E-state index < -0.39 is 11.6 Å². The van der Waals surface area contributed by atoms with Gasteiger partial charge in [-0.15, -0.1) is 0 Å². The molecule has 4 N–H and O–H groups in total. The molecular weight excluding hydrogens is 255 g/mol. The second kappa shape index (κ2) is 4.92. The number of piperidine rings is 1. The van der Waals surface area contributed by atoms with Crippen molar-refractivity contribution >= 4 is 11.4 Å². The number of alkyl halides is 3. The highest BCUT2D eigenvalue weighted by atomic mass is 19.4. The third kappa shape index (κ3) is 2.49. The highest BCUT2D eigenvalue weighted by molar-refractivity contribution is 5.67. The summed E-state index contributed by atoms with van der Waals surface area (Å²) in [6.45, 7) is 0.296. The fraction of sp³-hybridized carbons (Fsp3) is 0.538. The van der Waals surface area contributed by atoms with Crippen molar-refractivity contribution in [2.45, 2.75) is 19.0 Å². The monoisotopic (exact) mass is 273 g/mol. The fourth-order valence-corrected chi connectivity index (χ4v) is 2.55. The summed E-state index contributed by atoms with van der Waals surface area (Å²) in [5.74, 6) is 0. The van der Waals surface area contributed by atoms with Gasteiger partial charge in [0.15, 0.2) is 0 Å². The van der Waals surface area contributed by atoms with Crippen LogP contribution in [0, 0.1) is 5.41 Å². The first-order chi connectivity index (χ1) is 8.89. The minimum Gasteiger partial charge on any atom is -0.397 e. The van der Waals surface area contributed by atoms with Gasteiger partial charge in [-0.05, 0) is 25.0 Å². The number of nitrogen functional groups attached to an aromatic ring is 1. The van der Waals surface area contributed by atoms with Gasteiger partial charge in [0.05, 0.1) is 16.8 Å². The first kappa shape index (κ1) is 14.0. The molecule has 106 valence electrons. The molecule has 0 saturated carbocycles. The topological polar surface area (TPSA) is 55.3 Å². The summed E-state index contributed by atoms with van der Waals surface area (Å²) in [6, 6.07) is 7.23. The molecule has 0 spiro atoms. The first-order valence-corrected chi connectivity index (χ1v) is 6.26. The zero-order chi connectivity index (χ0) is 14.1. The molecule has 0 aromatic heterocycles. The van der Waals surface area contributed by atoms with Gasteiger partial charge in [-0.3, -0.25) is 0 Å². The fourth-order valence-electron chi connectivity index (χ4n) is 2.55. The smallest absolute Gasteiger partial charge is 0.395 e. The van der Waals surface area contributed by atoms with E-state index in [4.69, 9.17) is 11.5 Å². The summed E-state index contributed by atoms with van der Waals surface area (Å²) in [6.07, 6.45) is -4.21. The SMILES string of the molecule is NCC1(C(F)(F)F)CCN(c2ccccc2N)CC1. The van der Waals surface area contributed by atoms with Gasteiger partial charge in [0, 0.05) is 19.6 Å². The van der Waals surface area contributed by atoms with Crippen LogP contribution in [0.5, 0.6) is 0 Å². The third-order valence-electron chi connectivity index (χ3n) is 3.99. The maximum Gasteiger partial charge on any atom is 0.395 e. The van der Waals surface area contributed by atoms with E-state index in [9.17, 15) is 13.2 Å². The first-order valence-electron chi connectivity index (χ1n) is 6.26. The summed E-state index contributed by atoms with van der Waals surface area (Å²) in [4.78, 5) is 1.90. The van der Waals surface area contributed by atoms with E-state index in [-0.39, 0.29) is 19.4 Å². The lowest BCUT2D eigenvalue weighted by molar-refractivity contribution is -0.227. The summed E-state index contributed by atoms with van der Waals surface area (Å²) in [5, 5.41) is 0. The van der Waals surface area contributed by atoms with Crippen LogP contribution >= 0.6 is 0 Å². The lowest BCUT2D eigenvalue weighted by Crippen LogP contribution is -2.52. The Bertz CT molecular complexity index is 437. The molecule has 1 aromatic carbocycles. The van der Waals surface area contributed by atoms with Crippen LogP contribution in [0.25, 0.3) is 0 Å². The maximum atomic E-state index is 13.1. The highest BCUT2D eigenvalue weighted by Crippen LogP contribution is 2.46. The van der Waals surface area contributed by atoms with Gasteiger partial charge in [-0.25, -0.2) is 0 Å². The van der Waals surface area contributed by atoms with E-state index >= 15 is 0 Å². The van der Waals surface area contributed by atoms with Gasteiger partial charge in [-0.2, -0.15) is 13.2 Å². The van der Waals surface area contributed by atoms with Crippen molar-refractivity contribution in [3.8, 4) is 0 Å². The molecule has 19 heavy (non-hydrogen) atoms. The Kier molecular flexibility index (Phi) is 3.62. The number of rotatable bonds is 2. The van der Waals surface area contributed by atoms with Crippen molar-refractivity contribution in [1.82, 2.24) is 0 Å². The molecule has 0 aliphatic carbocycles. The predicted molar refractivity (Wildman–Crippen MR) is 69.8 cm³/mol. The molecule has 1 fully saturated rings. The second-order valence-corrected chi connectivity index (χ2v) is 5.03. The Labute approximate surface area is 110 Å². The zero-order valence-electron chi connectivity index (χ0n) is 10.6. The van der Waals surface area contributed by atoms with E-state index in [1.807, 2.05) is 23.1 Å². The van der Waals surface area contributed by atoms with Crippen LogP contribution in [0.2, 0.25) is 0 Å². The molecule has 1 heterocycles. The third-order valence-corrected chi connectivity index (χ3v) is 3.99. The van der Waals surface area contributed by atoms with Crippen LogP contribution < -0.4 is 16.4 Å². The maximum absolute atomic E-state index is 13.1. The van der Waals surface area contributed by atoms with Gasteiger partial charge >= 0.3 is 6.18 Å². The van der Waals surface area contributed by atoms with E-state index in [2.05, 4.69) is 0 Å². The van der Waals surface area contributed by atoms with Crippen LogP contribution in [-0.2, 0) is 0 Å². The molecule has 1 aromatic rings. The molecule has 3 nitrogen and oxygen atoms in total. The highest BCUT2D eigenvalue weighted by Gasteiger charge is 2.54. The molecule has 2 rings (SSSR count). The average Bonchev–Trinajstić information content (AvgIpc) is 2.38.